The van der Waals surface area contributed by atoms with Crippen LogP contribution < -0.4 is 0 Å². The van der Waals surface area contributed by atoms with Crippen LogP contribution in [0.2, 0.25) is 0 Å². The number of hydrogen-bond donors (Lipinski definition) is 1. The van der Waals surface area contributed by atoms with Gasteiger partial charge in [0.1, 0.15) is 0 Å². The summed E-state index contributed by atoms with van der Waals surface area (Å²) in [6.45, 7) is 10.1. The molecule has 0 aromatic carbocycles. The monoisotopic (exact) mass is 287 g/mol. The highest BCUT2D eigenvalue weighted by Gasteiger charge is 2.15. The maximum absolute atomic E-state index is 11.0. The molecule has 4 nitrogen and oxygen atoms in total. The van der Waals surface area contributed by atoms with E-state index in [1.165, 1.54) is 32.1 Å². The van der Waals surface area contributed by atoms with Crippen molar-refractivity contribution in [3.63, 3.8) is 0 Å². The van der Waals surface area contributed by atoms with Crippen molar-refractivity contribution in [2.24, 2.45) is 5.92 Å². The van der Waals surface area contributed by atoms with Gasteiger partial charge in [-0.15, -0.1) is 0 Å². The first-order valence-corrected chi connectivity index (χ1v) is 8.14. The number of carboxylic acid groups (broad SMARTS) is 1. The number of nitrogens with zero attached hydrogens (tertiary/aromatic N) is 1. The zero-order chi connectivity index (χ0) is 15.2. The number of unbranched alkanes of at least 4 members (excludes halogenated alkanes) is 4. The first-order valence-electron chi connectivity index (χ1n) is 8.14. The maximum atomic E-state index is 11.0. The topological polar surface area (TPSA) is 49.8 Å². The smallest absolute Gasteiger partial charge is 0.307 e. The molecule has 0 rings (SSSR count). The van der Waals surface area contributed by atoms with Crippen LogP contribution in [0.4, 0.5) is 0 Å². The second kappa shape index (κ2) is 13.4. The first-order chi connectivity index (χ1) is 9.61. The molecule has 20 heavy (non-hydrogen) atoms. The van der Waals surface area contributed by atoms with Crippen molar-refractivity contribution in [1.29, 1.82) is 0 Å². The number of ether oxygens (including phenoxy) is 1. The van der Waals surface area contributed by atoms with Crippen LogP contribution in [0.1, 0.15) is 59.3 Å². The van der Waals surface area contributed by atoms with Crippen LogP contribution in [0.5, 0.6) is 0 Å². The molecule has 0 saturated carbocycles. The lowest BCUT2D eigenvalue weighted by Gasteiger charge is -2.24. The van der Waals surface area contributed by atoms with Crippen LogP contribution in [0.3, 0.4) is 0 Å². The average Bonchev–Trinajstić information content (AvgIpc) is 2.42. The summed E-state index contributed by atoms with van der Waals surface area (Å²) in [5.74, 6) is -0.997. The van der Waals surface area contributed by atoms with Crippen LogP contribution >= 0.6 is 0 Å². The lowest BCUT2D eigenvalue weighted by Crippen LogP contribution is -2.34. The fourth-order valence-corrected chi connectivity index (χ4v) is 2.23. The van der Waals surface area contributed by atoms with Crippen molar-refractivity contribution in [3.05, 3.63) is 0 Å². The van der Waals surface area contributed by atoms with Gasteiger partial charge in [0.2, 0.25) is 0 Å². The van der Waals surface area contributed by atoms with Gasteiger partial charge >= 0.3 is 5.97 Å². The first kappa shape index (κ1) is 19.4. The zero-order valence-electron chi connectivity index (χ0n) is 13.6. The molecule has 0 spiro atoms. The predicted octanol–water partition coefficient (Wildman–Crippen LogP) is 3.41. The Kier molecular flexibility index (Phi) is 13.0. The van der Waals surface area contributed by atoms with Crippen LogP contribution in [-0.2, 0) is 9.53 Å². The Bertz CT molecular complexity index is 234. The van der Waals surface area contributed by atoms with E-state index in [4.69, 9.17) is 9.84 Å². The molecule has 0 aliphatic heterocycles. The molecule has 0 aromatic rings. The molecule has 120 valence electrons. The van der Waals surface area contributed by atoms with E-state index in [0.29, 0.717) is 6.54 Å². The van der Waals surface area contributed by atoms with Gasteiger partial charge in [-0.05, 0) is 26.3 Å². The lowest BCUT2D eigenvalue weighted by atomic mass is 10.1. The normalized spacial score (nSPS) is 12.8. The lowest BCUT2D eigenvalue weighted by molar-refractivity contribution is -0.141. The summed E-state index contributed by atoms with van der Waals surface area (Å²) < 4.78 is 5.35. The predicted molar refractivity (Wildman–Crippen MR) is 83.1 cm³/mol. The summed E-state index contributed by atoms with van der Waals surface area (Å²) in [5, 5.41) is 9.03. The van der Waals surface area contributed by atoms with E-state index in [-0.39, 0.29) is 5.92 Å². The van der Waals surface area contributed by atoms with E-state index in [1.54, 1.807) is 6.92 Å². The minimum absolute atomic E-state index is 0.294. The van der Waals surface area contributed by atoms with Crippen LogP contribution in [0.15, 0.2) is 0 Å². The van der Waals surface area contributed by atoms with Crippen molar-refractivity contribution in [3.8, 4) is 0 Å². The highest BCUT2D eigenvalue weighted by atomic mass is 16.5. The molecule has 0 heterocycles. The second-order valence-corrected chi connectivity index (χ2v) is 5.50. The standard InChI is InChI=1S/C16H33NO3/c1-4-6-7-8-9-11-17(12-10-13-20-5-2)14-15(3)16(18)19/h15H,4-14H2,1-3H3,(H,18,19). The van der Waals surface area contributed by atoms with Gasteiger partial charge in [-0.3, -0.25) is 4.79 Å². The van der Waals surface area contributed by atoms with E-state index in [9.17, 15) is 4.79 Å². The Labute approximate surface area is 124 Å². The zero-order valence-corrected chi connectivity index (χ0v) is 13.6. The maximum Gasteiger partial charge on any atom is 0.307 e. The van der Waals surface area contributed by atoms with Gasteiger partial charge < -0.3 is 14.7 Å². The number of rotatable bonds is 14. The summed E-state index contributed by atoms with van der Waals surface area (Å²) >= 11 is 0. The molecule has 0 radical (unpaired) electrons. The molecule has 4 heteroatoms. The molecule has 0 bridgehead atoms. The molecule has 1 unspecified atom stereocenters. The fraction of sp³-hybridized carbons (Fsp3) is 0.938. The summed E-state index contributed by atoms with van der Waals surface area (Å²) in [5.41, 5.74) is 0. The Hall–Kier alpha value is -0.610. The Morgan fingerprint density at radius 1 is 1.10 bits per heavy atom. The van der Waals surface area contributed by atoms with Crippen LogP contribution in [0, 0.1) is 5.92 Å². The van der Waals surface area contributed by atoms with Gasteiger partial charge in [0, 0.05) is 26.3 Å². The van der Waals surface area contributed by atoms with Gasteiger partial charge in [-0.2, -0.15) is 0 Å². The van der Waals surface area contributed by atoms with E-state index < -0.39 is 5.97 Å². The Morgan fingerprint density at radius 3 is 2.35 bits per heavy atom. The Balaban J connectivity index is 3.94. The molecule has 1 N–H and O–H groups in total. The van der Waals surface area contributed by atoms with E-state index in [1.807, 2.05) is 6.92 Å². The highest BCUT2D eigenvalue weighted by Crippen LogP contribution is 2.07. The van der Waals surface area contributed by atoms with E-state index in [0.717, 1.165) is 32.7 Å². The average molecular weight is 287 g/mol. The number of carbonyl (C=O) groups is 1. The number of hydrogen-bond acceptors (Lipinski definition) is 3. The molecular formula is C16H33NO3. The number of carboxylic acids is 1. The molecule has 0 amide bonds. The van der Waals surface area contributed by atoms with Crippen molar-refractivity contribution in [2.45, 2.75) is 59.3 Å². The van der Waals surface area contributed by atoms with Crippen molar-refractivity contribution < 1.29 is 14.6 Å². The minimum Gasteiger partial charge on any atom is -0.481 e. The van der Waals surface area contributed by atoms with Crippen molar-refractivity contribution in [2.75, 3.05) is 32.8 Å². The highest BCUT2D eigenvalue weighted by molar-refractivity contribution is 5.69. The second-order valence-electron chi connectivity index (χ2n) is 5.50. The SMILES string of the molecule is CCCCCCCN(CCCOCC)CC(C)C(=O)O. The molecule has 1 atom stereocenters. The van der Waals surface area contributed by atoms with Gasteiger partial charge in [0.25, 0.3) is 0 Å². The molecule has 0 aliphatic carbocycles. The summed E-state index contributed by atoms with van der Waals surface area (Å²) in [6.07, 6.45) is 7.25. The molecule has 0 fully saturated rings. The van der Waals surface area contributed by atoms with E-state index in [2.05, 4.69) is 11.8 Å². The molecular weight excluding hydrogens is 254 g/mol. The molecule has 0 aromatic heterocycles. The number of aliphatic carboxylic acids is 1. The van der Waals surface area contributed by atoms with Crippen LogP contribution in [-0.4, -0.2) is 48.8 Å². The molecule has 0 aliphatic rings. The third-order valence-electron chi connectivity index (χ3n) is 3.50. The van der Waals surface area contributed by atoms with Gasteiger partial charge in [-0.25, -0.2) is 0 Å². The Morgan fingerprint density at radius 2 is 1.75 bits per heavy atom. The third kappa shape index (κ3) is 11.2. The van der Waals surface area contributed by atoms with Gasteiger partial charge in [0.05, 0.1) is 5.92 Å². The van der Waals surface area contributed by atoms with Crippen molar-refractivity contribution >= 4 is 5.97 Å². The summed E-state index contributed by atoms with van der Waals surface area (Å²) in [7, 11) is 0. The summed E-state index contributed by atoms with van der Waals surface area (Å²) in [4.78, 5) is 13.3. The minimum atomic E-state index is -0.703. The van der Waals surface area contributed by atoms with Gasteiger partial charge in [0.15, 0.2) is 0 Å². The third-order valence-corrected chi connectivity index (χ3v) is 3.50. The fourth-order valence-electron chi connectivity index (χ4n) is 2.23. The molecule has 0 saturated heterocycles. The van der Waals surface area contributed by atoms with Crippen LogP contribution in [0.25, 0.3) is 0 Å². The van der Waals surface area contributed by atoms with Crippen molar-refractivity contribution in [1.82, 2.24) is 4.90 Å². The van der Waals surface area contributed by atoms with Gasteiger partial charge in [-0.1, -0.05) is 39.5 Å². The van der Waals surface area contributed by atoms with E-state index >= 15 is 0 Å². The quantitative estimate of drug-likeness (QED) is 0.497. The largest absolute Gasteiger partial charge is 0.481 e. The summed E-state index contributed by atoms with van der Waals surface area (Å²) in [6, 6.07) is 0.